The summed E-state index contributed by atoms with van der Waals surface area (Å²) in [5.74, 6) is 0.633. The van der Waals surface area contributed by atoms with Crippen LogP contribution in [0.2, 0.25) is 0 Å². The number of rotatable bonds is 8. The zero-order valence-corrected chi connectivity index (χ0v) is 14.1. The molecule has 1 fully saturated rings. The van der Waals surface area contributed by atoms with E-state index in [0.29, 0.717) is 6.54 Å². The lowest BCUT2D eigenvalue weighted by molar-refractivity contribution is 0.0946. The summed E-state index contributed by atoms with van der Waals surface area (Å²) >= 11 is 1.88. The molecule has 1 aliphatic rings. The average molecular weight is 344 g/mol. The molecule has 0 spiro atoms. The van der Waals surface area contributed by atoms with Crippen LogP contribution in [0.5, 0.6) is 5.75 Å². The standard InChI is InChI=1S/C18H20N2O3S/c21-15-8-9-19-16(18(22)20-10-11-24-14-6-7-14)17(15)23-12-13-4-2-1-3-5-13/h1-5,8-9,14H,6-7,10-12H2,(H,19,21)(H,20,22). The largest absolute Gasteiger partial charge is 0.483 e. The molecule has 0 bridgehead atoms. The second-order valence-corrected chi connectivity index (χ2v) is 7.05. The third kappa shape index (κ3) is 4.64. The first-order chi connectivity index (χ1) is 11.7. The van der Waals surface area contributed by atoms with Crippen molar-refractivity contribution in [2.45, 2.75) is 24.7 Å². The molecule has 2 aromatic rings. The van der Waals surface area contributed by atoms with E-state index >= 15 is 0 Å². The number of aromatic nitrogens is 1. The molecule has 1 aromatic carbocycles. The van der Waals surface area contributed by atoms with Gasteiger partial charge in [0, 0.05) is 29.8 Å². The van der Waals surface area contributed by atoms with Crippen LogP contribution in [0.4, 0.5) is 0 Å². The van der Waals surface area contributed by atoms with Gasteiger partial charge in [-0.05, 0) is 18.4 Å². The van der Waals surface area contributed by atoms with Gasteiger partial charge in [-0.15, -0.1) is 0 Å². The van der Waals surface area contributed by atoms with Crippen molar-refractivity contribution in [1.82, 2.24) is 10.3 Å². The highest BCUT2D eigenvalue weighted by atomic mass is 32.2. The molecular weight excluding hydrogens is 324 g/mol. The Kier molecular flexibility index (Phi) is 5.59. The van der Waals surface area contributed by atoms with Crippen molar-refractivity contribution in [2.75, 3.05) is 12.3 Å². The number of aromatic amines is 1. The number of carbonyl (C=O) groups excluding carboxylic acids is 1. The van der Waals surface area contributed by atoms with E-state index in [4.69, 9.17) is 4.74 Å². The van der Waals surface area contributed by atoms with E-state index in [1.54, 1.807) is 0 Å². The van der Waals surface area contributed by atoms with Crippen molar-refractivity contribution in [3.8, 4) is 5.75 Å². The Morgan fingerprint density at radius 3 is 2.79 bits per heavy atom. The number of amides is 1. The van der Waals surface area contributed by atoms with E-state index in [-0.39, 0.29) is 29.4 Å². The van der Waals surface area contributed by atoms with Crippen molar-refractivity contribution in [3.63, 3.8) is 0 Å². The Morgan fingerprint density at radius 2 is 2.04 bits per heavy atom. The van der Waals surface area contributed by atoms with E-state index in [0.717, 1.165) is 16.6 Å². The number of H-pyrrole nitrogens is 1. The summed E-state index contributed by atoms with van der Waals surface area (Å²) in [6.45, 7) is 0.820. The number of thioether (sulfide) groups is 1. The fraction of sp³-hybridized carbons (Fsp3) is 0.333. The van der Waals surface area contributed by atoms with Gasteiger partial charge in [0.25, 0.3) is 5.91 Å². The minimum absolute atomic E-state index is 0.0636. The van der Waals surface area contributed by atoms with Crippen LogP contribution in [0.15, 0.2) is 47.4 Å². The maximum Gasteiger partial charge on any atom is 0.271 e. The molecule has 6 heteroatoms. The predicted octanol–water partition coefficient (Wildman–Crippen LogP) is 2.58. The molecule has 3 rings (SSSR count). The molecule has 0 saturated heterocycles. The summed E-state index contributed by atoms with van der Waals surface area (Å²) in [4.78, 5) is 27.2. The zero-order chi connectivity index (χ0) is 16.8. The molecule has 0 unspecified atom stereocenters. The number of ether oxygens (including phenoxy) is 1. The Morgan fingerprint density at radius 1 is 1.25 bits per heavy atom. The lowest BCUT2D eigenvalue weighted by Gasteiger charge is -2.11. The second kappa shape index (κ2) is 8.06. The van der Waals surface area contributed by atoms with E-state index in [1.165, 1.54) is 25.1 Å². The van der Waals surface area contributed by atoms with Crippen LogP contribution in [-0.4, -0.2) is 28.4 Å². The molecule has 0 atom stereocenters. The quantitative estimate of drug-likeness (QED) is 0.722. The van der Waals surface area contributed by atoms with Crippen molar-refractivity contribution in [3.05, 3.63) is 64.1 Å². The minimum Gasteiger partial charge on any atom is -0.483 e. The minimum atomic E-state index is -0.313. The summed E-state index contributed by atoms with van der Waals surface area (Å²) in [5.41, 5.74) is 0.810. The Balaban J connectivity index is 1.62. The molecule has 24 heavy (non-hydrogen) atoms. The molecule has 1 amide bonds. The normalized spacial score (nSPS) is 13.5. The van der Waals surface area contributed by atoms with E-state index in [2.05, 4.69) is 10.3 Å². The first-order valence-corrected chi connectivity index (χ1v) is 9.07. The Labute approximate surface area is 144 Å². The van der Waals surface area contributed by atoms with Gasteiger partial charge in [0.05, 0.1) is 0 Å². The van der Waals surface area contributed by atoms with Gasteiger partial charge in [0.15, 0.2) is 11.4 Å². The first kappa shape index (κ1) is 16.6. The number of nitrogens with one attached hydrogen (secondary N) is 2. The van der Waals surface area contributed by atoms with Crippen LogP contribution in [0.3, 0.4) is 0 Å². The van der Waals surface area contributed by atoms with Gasteiger partial charge in [0.2, 0.25) is 5.43 Å². The number of carbonyl (C=O) groups is 1. The predicted molar refractivity (Wildman–Crippen MR) is 95.6 cm³/mol. The summed E-state index contributed by atoms with van der Waals surface area (Å²) in [6.07, 6.45) is 4.02. The van der Waals surface area contributed by atoms with Gasteiger partial charge in [-0.1, -0.05) is 30.3 Å². The van der Waals surface area contributed by atoms with Crippen LogP contribution in [-0.2, 0) is 6.61 Å². The molecule has 1 aromatic heterocycles. The van der Waals surface area contributed by atoms with Gasteiger partial charge >= 0.3 is 0 Å². The fourth-order valence-corrected chi connectivity index (χ4v) is 3.24. The molecule has 2 N–H and O–H groups in total. The molecule has 1 heterocycles. The van der Waals surface area contributed by atoms with Crippen LogP contribution >= 0.6 is 11.8 Å². The molecule has 5 nitrogen and oxygen atoms in total. The fourth-order valence-electron chi connectivity index (χ4n) is 2.22. The highest BCUT2D eigenvalue weighted by molar-refractivity contribution is 8.00. The van der Waals surface area contributed by atoms with Crippen LogP contribution in [0.1, 0.15) is 28.9 Å². The highest BCUT2D eigenvalue weighted by Gasteiger charge is 2.21. The topological polar surface area (TPSA) is 71.2 Å². The maximum atomic E-state index is 12.3. The second-order valence-electron chi connectivity index (χ2n) is 5.65. The molecular formula is C18H20N2O3S. The van der Waals surface area contributed by atoms with E-state index in [9.17, 15) is 9.59 Å². The average Bonchev–Trinajstić information content (AvgIpc) is 3.42. The first-order valence-electron chi connectivity index (χ1n) is 8.02. The SMILES string of the molecule is O=C(NCCSC1CC1)c1[nH]ccc(=O)c1OCc1ccccc1. The van der Waals surface area contributed by atoms with Gasteiger partial charge < -0.3 is 15.0 Å². The van der Waals surface area contributed by atoms with Crippen molar-refractivity contribution in [1.29, 1.82) is 0 Å². The van der Waals surface area contributed by atoms with Gasteiger partial charge in [-0.3, -0.25) is 9.59 Å². The third-order valence-corrected chi connectivity index (χ3v) is 5.01. The number of pyridine rings is 1. The number of hydrogen-bond donors (Lipinski definition) is 2. The molecule has 1 aliphatic carbocycles. The van der Waals surface area contributed by atoms with Crippen molar-refractivity contribution >= 4 is 17.7 Å². The summed E-state index contributed by atoms with van der Waals surface area (Å²) in [6, 6.07) is 10.9. The third-order valence-electron chi connectivity index (χ3n) is 3.63. The molecule has 126 valence electrons. The van der Waals surface area contributed by atoms with Crippen molar-refractivity contribution < 1.29 is 9.53 Å². The molecule has 0 aliphatic heterocycles. The van der Waals surface area contributed by atoms with Gasteiger partial charge in [-0.2, -0.15) is 11.8 Å². The monoisotopic (exact) mass is 344 g/mol. The summed E-state index contributed by atoms with van der Waals surface area (Å²) in [5, 5.41) is 3.60. The Bertz CT molecular complexity index is 741. The lowest BCUT2D eigenvalue weighted by Crippen LogP contribution is -2.28. The molecule has 1 saturated carbocycles. The Hall–Kier alpha value is -2.21. The smallest absolute Gasteiger partial charge is 0.271 e. The maximum absolute atomic E-state index is 12.3. The summed E-state index contributed by atoms with van der Waals surface area (Å²) < 4.78 is 5.62. The van der Waals surface area contributed by atoms with Crippen LogP contribution in [0.25, 0.3) is 0 Å². The number of hydrogen-bond acceptors (Lipinski definition) is 4. The van der Waals surface area contributed by atoms with E-state index < -0.39 is 0 Å². The van der Waals surface area contributed by atoms with E-state index in [1.807, 2.05) is 42.1 Å². The number of benzene rings is 1. The summed E-state index contributed by atoms with van der Waals surface area (Å²) in [7, 11) is 0. The van der Waals surface area contributed by atoms with Crippen LogP contribution in [0, 0.1) is 0 Å². The van der Waals surface area contributed by atoms with Crippen LogP contribution < -0.4 is 15.5 Å². The van der Waals surface area contributed by atoms with Gasteiger partial charge in [-0.25, -0.2) is 0 Å². The molecule has 0 radical (unpaired) electrons. The van der Waals surface area contributed by atoms with Gasteiger partial charge in [0.1, 0.15) is 6.61 Å². The zero-order valence-electron chi connectivity index (χ0n) is 13.3. The highest BCUT2D eigenvalue weighted by Crippen LogP contribution is 2.33. The lowest BCUT2D eigenvalue weighted by atomic mass is 10.2. The van der Waals surface area contributed by atoms with Crippen molar-refractivity contribution in [2.24, 2.45) is 0 Å².